The molecule has 31 heavy (non-hydrogen) atoms. The topological polar surface area (TPSA) is 160 Å². The highest BCUT2D eigenvalue weighted by Crippen LogP contribution is 2.29. The lowest BCUT2D eigenvalue weighted by Crippen LogP contribution is -2.58. The molecule has 0 radical (unpaired) electrons. The molecule has 1 heterocycles. The maximum absolute atomic E-state index is 12.8. The van der Waals surface area contributed by atoms with Gasteiger partial charge in [0.05, 0.1) is 21.6 Å². The number of nitrogens with zero attached hydrogens (tertiary/aromatic N) is 4. The summed E-state index contributed by atoms with van der Waals surface area (Å²) in [6.45, 7) is 1.88. The molecular formula is C18H14N6O6S. The van der Waals surface area contributed by atoms with Gasteiger partial charge in [-0.15, -0.1) is 0 Å². The van der Waals surface area contributed by atoms with E-state index in [0.717, 1.165) is 34.9 Å². The van der Waals surface area contributed by atoms with E-state index in [1.807, 2.05) is 6.92 Å². The molecule has 2 aromatic rings. The van der Waals surface area contributed by atoms with Crippen LogP contribution in [0.2, 0.25) is 0 Å². The molecule has 0 saturated carbocycles. The molecule has 1 aliphatic rings. The van der Waals surface area contributed by atoms with E-state index in [0.29, 0.717) is 5.69 Å². The number of nitro benzene ring substituents is 2. The number of non-ortho nitro benzene ring substituents is 1. The van der Waals surface area contributed by atoms with Crippen molar-refractivity contribution in [1.29, 1.82) is 0 Å². The summed E-state index contributed by atoms with van der Waals surface area (Å²) >= 11 is 5.10. The van der Waals surface area contributed by atoms with Gasteiger partial charge in [0.15, 0.2) is 11.0 Å². The molecule has 0 aromatic heterocycles. The molecule has 2 amide bonds. The number of nitro groups is 2. The first-order chi connectivity index (χ1) is 14.7. The van der Waals surface area contributed by atoms with Crippen LogP contribution < -0.4 is 15.6 Å². The van der Waals surface area contributed by atoms with Crippen LogP contribution >= 0.6 is 12.2 Å². The second kappa shape index (κ2) is 8.62. The van der Waals surface area contributed by atoms with Crippen molar-refractivity contribution in [2.45, 2.75) is 6.92 Å². The van der Waals surface area contributed by atoms with Crippen molar-refractivity contribution in [1.82, 2.24) is 5.32 Å². The number of carbonyl (C=O) groups is 2. The summed E-state index contributed by atoms with van der Waals surface area (Å²) in [7, 11) is 0. The van der Waals surface area contributed by atoms with Gasteiger partial charge in [-0.2, -0.15) is 5.10 Å². The molecule has 0 spiro atoms. The molecule has 1 fully saturated rings. The molecule has 0 bridgehead atoms. The zero-order chi connectivity index (χ0) is 22.7. The number of nitrogens with one attached hydrogen (secondary N) is 2. The van der Waals surface area contributed by atoms with Crippen molar-refractivity contribution in [2.24, 2.45) is 11.0 Å². The van der Waals surface area contributed by atoms with Crippen LogP contribution in [0.3, 0.4) is 0 Å². The Labute approximate surface area is 179 Å². The number of carbonyl (C=O) groups excluding carboxylic acids is 2. The van der Waals surface area contributed by atoms with E-state index < -0.39 is 39.0 Å². The Morgan fingerprint density at radius 3 is 2.42 bits per heavy atom. The van der Waals surface area contributed by atoms with Gasteiger partial charge in [-0.1, -0.05) is 17.7 Å². The third-order valence-electron chi connectivity index (χ3n) is 4.29. The standard InChI is InChI=1S/C18H14N6O6S/c1-10-2-4-11(5-3-10)22-17(26)13(16(25)20-18(22)31)9-19-21-14-7-6-12(23(27)28)8-15(14)24(29)30/h2-9,13,21H,1H3,(H,20,25,31)/b19-9+/t13-/m0/s1. The Morgan fingerprint density at radius 1 is 1.13 bits per heavy atom. The number of hydrogen-bond donors (Lipinski definition) is 2. The molecule has 1 saturated heterocycles. The average molecular weight is 442 g/mol. The Morgan fingerprint density at radius 2 is 1.81 bits per heavy atom. The van der Waals surface area contributed by atoms with Gasteiger partial charge in [-0.3, -0.25) is 40.1 Å². The van der Waals surface area contributed by atoms with Gasteiger partial charge in [0.2, 0.25) is 5.91 Å². The Kier molecular flexibility index (Phi) is 5.97. The number of thiocarbonyl (C=S) groups is 1. The van der Waals surface area contributed by atoms with E-state index in [-0.39, 0.29) is 10.8 Å². The van der Waals surface area contributed by atoms with Crippen molar-refractivity contribution in [3.63, 3.8) is 0 Å². The minimum Gasteiger partial charge on any atom is -0.301 e. The zero-order valence-corrected chi connectivity index (χ0v) is 16.7. The summed E-state index contributed by atoms with van der Waals surface area (Å²) in [4.78, 5) is 46.6. The molecule has 1 aliphatic heterocycles. The van der Waals surface area contributed by atoms with Gasteiger partial charge in [-0.25, -0.2) is 0 Å². The molecule has 158 valence electrons. The van der Waals surface area contributed by atoms with Gasteiger partial charge >= 0.3 is 5.69 Å². The third kappa shape index (κ3) is 4.51. The van der Waals surface area contributed by atoms with E-state index in [1.54, 1.807) is 24.3 Å². The Balaban J connectivity index is 1.83. The van der Waals surface area contributed by atoms with Gasteiger partial charge in [0.1, 0.15) is 5.69 Å². The normalized spacial score (nSPS) is 16.4. The van der Waals surface area contributed by atoms with Crippen LogP contribution in [0.1, 0.15) is 5.56 Å². The van der Waals surface area contributed by atoms with Crippen LogP contribution in [0.15, 0.2) is 47.6 Å². The van der Waals surface area contributed by atoms with E-state index in [4.69, 9.17) is 12.2 Å². The van der Waals surface area contributed by atoms with Crippen LogP contribution in [0.25, 0.3) is 0 Å². The van der Waals surface area contributed by atoms with Gasteiger partial charge in [0, 0.05) is 12.3 Å². The van der Waals surface area contributed by atoms with E-state index in [2.05, 4.69) is 15.8 Å². The van der Waals surface area contributed by atoms with Gasteiger partial charge in [-0.05, 0) is 37.3 Å². The summed E-state index contributed by atoms with van der Waals surface area (Å²) in [5.41, 5.74) is 2.56. The van der Waals surface area contributed by atoms with Crippen molar-refractivity contribution in [3.05, 3.63) is 68.3 Å². The molecular weight excluding hydrogens is 428 g/mol. The molecule has 2 aromatic carbocycles. The summed E-state index contributed by atoms with van der Waals surface area (Å²) in [5, 5.41) is 28.1. The number of anilines is 2. The summed E-state index contributed by atoms with van der Waals surface area (Å²) in [6.07, 6.45) is 0.978. The van der Waals surface area contributed by atoms with Crippen LogP contribution in [0.5, 0.6) is 0 Å². The summed E-state index contributed by atoms with van der Waals surface area (Å²) < 4.78 is 0. The van der Waals surface area contributed by atoms with Crippen LogP contribution in [0, 0.1) is 33.1 Å². The van der Waals surface area contributed by atoms with Crippen LogP contribution in [-0.4, -0.2) is 33.0 Å². The smallest absolute Gasteiger partial charge is 0.301 e. The monoisotopic (exact) mass is 442 g/mol. The highest BCUT2D eigenvalue weighted by molar-refractivity contribution is 7.80. The van der Waals surface area contributed by atoms with Gasteiger partial charge < -0.3 is 5.32 Å². The maximum Gasteiger partial charge on any atom is 0.301 e. The highest BCUT2D eigenvalue weighted by Gasteiger charge is 2.38. The zero-order valence-electron chi connectivity index (χ0n) is 15.8. The largest absolute Gasteiger partial charge is 0.301 e. The highest BCUT2D eigenvalue weighted by atomic mass is 32.1. The van der Waals surface area contributed by atoms with E-state index in [9.17, 15) is 29.8 Å². The molecule has 12 nitrogen and oxygen atoms in total. The number of aryl methyl sites for hydroxylation is 1. The lowest BCUT2D eigenvalue weighted by atomic mass is 10.1. The number of amides is 2. The first-order valence-corrected chi connectivity index (χ1v) is 9.07. The summed E-state index contributed by atoms with van der Waals surface area (Å²) in [5.74, 6) is -2.71. The first kappa shape index (κ1) is 21.4. The minimum absolute atomic E-state index is 0.0810. The predicted octanol–water partition coefficient (Wildman–Crippen LogP) is 2.27. The maximum atomic E-state index is 12.8. The van der Waals surface area contributed by atoms with Crippen molar-refractivity contribution < 1.29 is 19.4 Å². The number of hydrogen-bond acceptors (Lipinski definition) is 9. The van der Waals surface area contributed by atoms with Crippen molar-refractivity contribution in [2.75, 3.05) is 10.3 Å². The first-order valence-electron chi connectivity index (χ1n) is 8.66. The van der Waals surface area contributed by atoms with Crippen molar-refractivity contribution in [3.8, 4) is 0 Å². The van der Waals surface area contributed by atoms with Crippen LogP contribution in [0.4, 0.5) is 22.7 Å². The fourth-order valence-electron chi connectivity index (χ4n) is 2.72. The van der Waals surface area contributed by atoms with Crippen LogP contribution in [-0.2, 0) is 9.59 Å². The quantitative estimate of drug-likeness (QED) is 0.226. The van der Waals surface area contributed by atoms with Crippen molar-refractivity contribution >= 4 is 58.1 Å². The fourth-order valence-corrected chi connectivity index (χ4v) is 3.02. The molecule has 0 unspecified atom stereocenters. The number of benzene rings is 2. The Hall–Kier alpha value is -4.26. The third-order valence-corrected chi connectivity index (χ3v) is 4.58. The molecule has 3 rings (SSSR count). The fraction of sp³-hybridized carbons (Fsp3) is 0.111. The molecule has 0 aliphatic carbocycles. The van der Waals surface area contributed by atoms with Gasteiger partial charge in [0.25, 0.3) is 11.6 Å². The van der Waals surface area contributed by atoms with E-state index in [1.165, 1.54) is 0 Å². The molecule has 1 atom stereocenters. The molecule has 2 N–H and O–H groups in total. The Bertz CT molecular complexity index is 1130. The molecule has 13 heteroatoms. The lowest BCUT2D eigenvalue weighted by molar-refractivity contribution is -0.393. The second-order valence-corrected chi connectivity index (χ2v) is 6.77. The SMILES string of the molecule is Cc1ccc(N2C(=O)[C@@H](/C=N/Nc3ccc([N+](=O)[O-])cc3[N+](=O)[O-])C(=O)NC2=S)cc1. The second-order valence-electron chi connectivity index (χ2n) is 6.39. The average Bonchev–Trinajstić information content (AvgIpc) is 2.71. The predicted molar refractivity (Wildman–Crippen MR) is 115 cm³/mol. The van der Waals surface area contributed by atoms with E-state index >= 15 is 0 Å². The minimum atomic E-state index is -1.35. The number of hydrazone groups is 1. The summed E-state index contributed by atoms with van der Waals surface area (Å²) in [6, 6.07) is 9.83. The lowest BCUT2D eigenvalue weighted by Gasteiger charge is -2.30. The number of rotatable bonds is 6.